The van der Waals surface area contributed by atoms with Crippen molar-refractivity contribution in [3.63, 3.8) is 0 Å². The van der Waals surface area contributed by atoms with E-state index in [1.54, 1.807) is 28.4 Å². The van der Waals surface area contributed by atoms with Crippen molar-refractivity contribution in [3.05, 3.63) is 40.0 Å². The molecule has 0 unspecified atom stereocenters. The summed E-state index contributed by atoms with van der Waals surface area (Å²) in [5, 5.41) is 6.45. The minimum Gasteiger partial charge on any atom is -0.370 e. The number of carbonyl (C=O) groups is 1. The average Bonchev–Trinajstić information content (AvgIpc) is 3.11. The van der Waals surface area contributed by atoms with Gasteiger partial charge in [0.2, 0.25) is 0 Å². The van der Waals surface area contributed by atoms with Crippen LogP contribution in [0.3, 0.4) is 0 Å². The number of thiazole rings is 1. The van der Waals surface area contributed by atoms with Gasteiger partial charge in [0.15, 0.2) is 9.84 Å². The Balaban J connectivity index is 1.50. The standard InChI is InChI=1S/C19H26N4O3S2/c1-19(2,3)15-13-27-17(22-15)6-7-20-16-5-4-14(12-21-16)18(24)23-8-10-28(25,26)11-9-23/h4-5,12-13H,6-11H2,1-3H3,(H,20,21). The molecule has 0 aromatic carbocycles. The second-order valence-electron chi connectivity index (χ2n) is 7.93. The van der Waals surface area contributed by atoms with Crippen molar-refractivity contribution in [2.24, 2.45) is 0 Å². The van der Waals surface area contributed by atoms with Crippen LogP contribution in [0, 0.1) is 0 Å². The molecule has 2 aromatic rings. The molecule has 1 amide bonds. The van der Waals surface area contributed by atoms with Gasteiger partial charge in [-0.15, -0.1) is 11.3 Å². The van der Waals surface area contributed by atoms with Crippen molar-refractivity contribution >= 4 is 32.9 Å². The number of carbonyl (C=O) groups excluding carboxylic acids is 1. The smallest absolute Gasteiger partial charge is 0.255 e. The molecule has 1 aliphatic rings. The summed E-state index contributed by atoms with van der Waals surface area (Å²) < 4.78 is 23.0. The first-order chi connectivity index (χ1) is 13.1. The number of aromatic nitrogens is 2. The molecule has 1 N–H and O–H groups in total. The summed E-state index contributed by atoms with van der Waals surface area (Å²) in [6.45, 7) is 7.65. The number of amides is 1. The molecule has 1 fully saturated rings. The topological polar surface area (TPSA) is 92.3 Å². The van der Waals surface area contributed by atoms with Gasteiger partial charge in [-0.25, -0.2) is 18.4 Å². The van der Waals surface area contributed by atoms with Crippen molar-refractivity contribution < 1.29 is 13.2 Å². The summed E-state index contributed by atoms with van der Waals surface area (Å²) in [6, 6.07) is 3.50. The van der Waals surface area contributed by atoms with E-state index >= 15 is 0 Å². The number of hydrogen-bond acceptors (Lipinski definition) is 7. The van der Waals surface area contributed by atoms with Gasteiger partial charge in [0, 0.05) is 43.0 Å². The highest BCUT2D eigenvalue weighted by Crippen LogP contribution is 2.24. The van der Waals surface area contributed by atoms with Gasteiger partial charge in [-0.2, -0.15) is 0 Å². The molecule has 9 heteroatoms. The second-order valence-corrected chi connectivity index (χ2v) is 11.2. The fourth-order valence-corrected chi connectivity index (χ4v) is 5.02. The predicted octanol–water partition coefficient (Wildman–Crippen LogP) is 2.36. The molecule has 0 saturated carbocycles. The molecule has 0 spiro atoms. The normalized spacial score (nSPS) is 16.8. The van der Waals surface area contributed by atoms with Gasteiger partial charge in [0.25, 0.3) is 5.91 Å². The van der Waals surface area contributed by atoms with Crippen LogP contribution in [-0.4, -0.2) is 60.3 Å². The quantitative estimate of drug-likeness (QED) is 0.795. The molecule has 1 aliphatic heterocycles. The Morgan fingerprint density at radius 3 is 2.54 bits per heavy atom. The Morgan fingerprint density at radius 1 is 1.25 bits per heavy atom. The molecule has 3 rings (SSSR count). The third-order valence-electron chi connectivity index (χ3n) is 4.61. The lowest BCUT2D eigenvalue weighted by Crippen LogP contribution is -2.43. The lowest BCUT2D eigenvalue weighted by molar-refractivity contribution is 0.0770. The number of sulfone groups is 1. The van der Waals surface area contributed by atoms with Crippen LogP contribution in [0.2, 0.25) is 0 Å². The van der Waals surface area contributed by atoms with E-state index in [1.165, 1.54) is 6.20 Å². The number of nitrogens with one attached hydrogen (secondary N) is 1. The highest BCUT2D eigenvalue weighted by molar-refractivity contribution is 7.91. The third-order valence-corrected chi connectivity index (χ3v) is 7.12. The summed E-state index contributed by atoms with van der Waals surface area (Å²) in [7, 11) is -3.00. The van der Waals surface area contributed by atoms with E-state index in [1.807, 2.05) is 0 Å². The highest BCUT2D eigenvalue weighted by Gasteiger charge is 2.25. The number of pyridine rings is 1. The average molecular weight is 423 g/mol. The molecule has 0 bridgehead atoms. The van der Waals surface area contributed by atoms with Crippen LogP contribution in [0.15, 0.2) is 23.7 Å². The first-order valence-electron chi connectivity index (χ1n) is 9.28. The molecule has 1 saturated heterocycles. The number of hydrogen-bond donors (Lipinski definition) is 1. The monoisotopic (exact) mass is 422 g/mol. The van der Waals surface area contributed by atoms with Crippen LogP contribution in [0.4, 0.5) is 5.82 Å². The predicted molar refractivity (Wildman–Crippen MR) is 112 cm³/mol. The lowest BCUT2D eigenvalue weighted by Gasteiger charge is -2.26. The second kappa shape index (κ2) is 8.16. The van der Waals surface area contributed by atoms with Crippen molar-refractivity contribution in [2.45, 2.75) is 32.6 Å². The Kier molecular flexibility index (Phi) is 6.04. The fourth-order valence-electron chi connectivity index (χ4n) is 2.79. The molecule has 0 atom stereocenters. The van der Waals surface area contributed by atoms with Gasteiger partial charge in [-0.3, -0.25) is 4.79 Å². The van der Waals surface area contributed by atoms with E-state index in [2.05, 4.69) is 41.4 Å². The zero-order valence-electron chi connectivity index (χ0n) is 16.4. The van der Waals surface area contributed by atoms with Crippen LogP contribution in [-0.2, 0) is 21.7 Å². The molecular weight excluding hydrogens is 396 g/mol. The van der Waals surface area contributed by atoms with E-state index in [9.17, 15) is 13.2 Å². The van der Waals surface area contributed by atoms with E-state index < -0.39 is 9.84 Å². The van der Waals surface area contributed by atoms with Crippen LogP contribution in [0.1, 0.15) is 41.8 Å². The van der Waals surface area contributed by atoms with Crippen molar-refractivity contribution in [3.8, 4) is 0 Å². The van der Waals surface area contributed by atoms with Gasteiger partial charge in [-0.05, 0) is 12.1 Å². The maximum atomic E-state index is 12.5. The minimum atomic E-state index is -3.00. The van der Waals surface area contributed by atoms with E-state index in [-0.39, 0.29) is 35.9 Å². The highest BCUT2D eigenvalue weighted by atomic mass is 32.2. The summed E-state index contributed by atoms with van der Waals surface area (Å²) in [5.41, 5.74) is 1.64. The summed E-state index contributed by atoms with van der Waals surface area (Å²) in [6.07, 6.45) is 2.35. The molecule has 0 aliphatic carbocycles. The number of anilines is 1. The third kappa shape index (κ3) is 5.29. The van der Waals surface area contributed by atoms with Crippen molar-refractivity contribution in [1.29, 1.82) is 0 Å². The van der Waals surface area contributed by atoms with Gasteiger partial charge in [0.1, 0.15) is 5.82 Å². The Morgan fingerprint density at radius 2 is 1.96 bits per heavy atom. The maximum Gasteiger partial charge on any atom is 0.255 e. The zero-order chi connectivity index (χ0) is 20.4. The van der Waals surface area contributed by atoms with Gasteiger partial charge < -0.3 is 10.2 Å². The van der Waals surface area contributed by atoms with Crippen LogP contribution < -0.4 is 5.32 Å². The Hall–Kier alpha value is -2.00. The number of nitrogens with zero attached hydrogens (tertiary/aromatic N) is 3. The summed E-state index contributed by atoms with van der Waals surface area (Å²) in [4.78, 5) is 23.0. The Labute approximate surface area is 170 Å². The maximum absolute atomic E-state index is 12.5. The van der Waals surface area contributed by atoms with Crippen LogP contribution in [0.5, 0.6) is 0 Å². The van der Waals surface area contributed by atoms with E-state index in [0.29, 0.717) is 17.9 Å². The van der Waals surface area contributed by atoms with E-state index in [4.69, 9.17) is 0 Å². The molecular formula is C19H26N4O3S2. The Bertz CT molecular complexity index is 917. The van der Waals surface area contributed by atoms with Gasteiger partial charge >= 0.3 is 0 Å². The minimum absolute atomic E-state index is 0.0273. The number of rotatable bonds is 5. The fraction of sp³-hybridized carbons (Fsp3) is 0.526. The molecule has 28 heavy (non-hydrogen) atoms. The SMILES string of the molecule is CC(C)(C)c1csc(CCNc2ccc(C(=O)N3CCS(=O)(=O)CC3)cn2)n1. The van der Waals surface area contributed by atoms with Crippen molar-refractivity contribution in [1.82, 2.24) is 14.9 Å². The first-order valence-corrected chi connectivity index (χ1v) is 12.0. The lowest BCUT2D eigenvalue weighted by atomic mass is 9.93. The van der Waals surface area contributed by atoms with Gasteiger partial charge in [0.05, 0.1) is 27.8 Å². The van der Waals surface area contributed by atoms with Crippen LogP contribution >= 0.6 is 11.3 Å². The summed E-state index contributed by atoms with van der Waals surface area (Å²) in [5.74, 6) is 0.579. The zero-order valence-corrected chi connectivity index (χ0v) is 18.1. The largest absolute Gasteiger partial charge is 0.370 e. The molecule has 7 nitrogen and oxygen atoms in total. The van der Waals surface area contributed by atoms with Crippen LogP contribution in [0.25, 0.3) is 0 Å². The van der Waals surface area contributed by atoms with Crippen molar-refractivity contribution in [2.75, 3.05) is 36.5 Å². The molecule has 152 valence electrons. The first kappa shape index (κ1) is 20.7. The molecule has 3 heterocycles. The molecule has 0 radical (unpaired) electrons. The van der Waals surface area contributed by atoms with E-state index in [0.717, 1.165) is 17.1 Å². The molecule has 2 aromatic heterocycles. The summed E-state index contributed by atoms with van der Waals surface area (Å²) >= 11 is 1.67. The van der Waals surface area contributed by atoms with Gasteiger partial charge in [-0.1, -0.05) is 20.8 Å².